The third kappa shape index (κ3) is 4.37. The van der Waals surface area contributed by atoms with Crippen LogP contribution in [-0.2, 0) is 9.53 Å². The summed E-state index contributed by atoms with van der Waals surface area (Å²) in [6.07, 6.45) is 1.40. The predicted octanol–water partition coefficient (Wildman–Crippen LogP) is 0.857. The van der Waals surface area contributed by atoms with Gasteiger partial charge in [-0.1, -0.05) is 12.7 Å². The van der Waals surface area contributed by atoms with Crippen molar-refractivity contribution in [1.82, 2.24) is 4.90 Å². The van der Waals surface area contributed by atoms with E-state index in [9.17, 15) is 14.7 Å². The first-order valence-corrected chi connectivity index (χ1v) is 5.97. The van der Waals surface area contributed by atoms with Gasteiger partial charge in [-0.05, 0) is 18.8 Å². The topological polar surface area (TPSA) is 87.1 Å². The summed E-state index contributed by atoms with van der Waals surface area (Å²) in [6, 6.07) is 0. The van der Waals surface area contributed by atoms with Crippen molar-refractivity contribution in [2.75, 3.05) is 19.7 Å². The molecule has 1 heterocycles. The molecule has 1 aliphatic heterocycles. The lowest BCUT2D eigenvalue weighted by Crippen LogP contribution is -2.46. The Balaban J connectivity index is 2.37. The van der Waals surface area contributed by atoms with E-state index < -0.39 is 18.2 Å². The second kappa shape index (κ2) is 7.00. The van der Waals surface area contributed by atoms with Gasteiger partial charge >= 0.3 is 12.1 Å². The number of β-amino-alcohol motifs (C(OH)–C–C–N with tert-alkyl or cyclic N) is 1. The second-order valence-electron chi connectivity index (χ2n) is 4.36. The normalized spacial score (nSPS) is 23.5. The quantitative estimate of drug-likeness (QED) is 0.713. The molecule has 0 spiro atoms. The molecule has 0 unspecified atom stereocenters. The number of amides is 1. The molecule has 102 valence electrons. The summed E-state index contributed by atoms with van der Waals surface area (Å²) < 4.78 is 4.88. The number of aliphatic hydroxyl groups is 1. The summed E-state index contributed by atoms with van der Waals surface area (Å²) >= 11 is 0. The van der Waals surface area contributed by atoms with Crippen LogP contribution >= 0.6 is 0 Å². The monoisotopic (exact) mass is 257 g/mol. The zero-order valence-electron chi connectivity index (χ0n) is 10.2. The van der Waals surface area contributed by atoms with Crippen LogP contribution in [0.3, 0.4) is 0 Å². The van der Waals surface area contributed by atoms with Gasteiger partial charge < -0.3 is 19.8 Å². The predicted molar refractivity (Wildman–Crippen MR) is 64.1 cm³/mol. The van der Waals surface area contributed by atoms with Crippen molar-refractivity contribution in [3.05, 3.63) is 12.7 Å². The van der Waals surface area contributed by atoms with Gasteiger partial charge in [0.05, 0.1) is 12.6 Å². The Bertz CT molecular complexity index is 318. The molecule has 1 amide bonds. The Hall–Kier alpha value is -1.56. The van der Waals surface area contributed by atoms with E-state index in [2.05, 4.69) is 6.58 Å². The summed E-state index contributed by atoms with van der Waals surface area (Å²) in [7, 11) is 0. The first-order chi connectivity index (χ1) is 8.54. The highest BCUT2D eigenvalue weighted by Gasteiger charge is 2.30. The Morgan fingerprint density at radius 3 is 2.78 bits per heavy atom. The van der Waals surface area contributed by atoms with Gasteiger partial charge in [0.2, 0.25) is 0 Å². The number of ether oxygens (including phenoxy) is 1. The summed E-state index contributed by atoms with van der Waals surface area (Å²) in [5, 5.41) is 18.5. The van der Waals surface area contributed by atoms with Crippen molar-refractivity contribution in [1.29, 1.82) is 0 Å². The summed E-state index contributed by atoms with van der Waals surface area (Å²) in [5.74, 6) is -0.931. The fraction of sp³-hybridized carbons (Fsp3) is 0.667. The largest absolute Gasteiger partial charge is 0.481 e. The van der Waals surface area contributed by atoms with Gasteiger partial charge in [0.1, 0.15) is 6.61 Å². The minimum Gasteiger partial charge on any atom is -0.481 e. The van der Waals surface area contributed by atoms with Crippen molar-refractivity contribution in [3.63, 3.8) is 0 Å². The molecule has 0 bridgehead atoms. The average Bonchev–Trinajstić information content (AvgIpc) is 2.34. The number of hydrogen-bond donors (Lipinski definition) is 2. The van der Waals surface area contributed by atoms with Gasteiger partial charge in [-0.15, -0.1) is 0 Å². The van der Waals surface area contributed by atoms with Crippen LogP contribution in [0.25, 0.3) is 0 Å². The molecule has 0 aliphatic carbocycles. The molecule has 2 atom stereocenters. The third-order valence-electron chi connectivity index (χ3n) is 3.03. The van der Waals surface area contributed by atoms with E-state index in [1.165, 1.54) is 11.0 Å². The molecule has 1 fully saturated rings. The Morgan fingerprint density at radius 1 is 1.50 bits per heavy atom. The number of carboxylic acids is 1. The van der Waals surface area contributed by atoms with Crippen molar-refractivity contribution in [3.8, 4) is 0 Å². The molecular formula is C12H19NO5. The summed E-state index contributed by atoms with van der Waals surface area (Å²) in [5.41, 5.74) is 0. The average molecular weight is 257 g/mol. The standard InChI is InChI=1S/C12H19NO5/c1-2-7-18-12(17)13-6-5-9(10(14)8-13)3-4-11(15)16/h2,9-10,14H,1,3-8H2,(H,15,16)/t9-,10-/m0/s1. The minimum absolute atomic E-state index is 0.0443. The third-order valence-corrected chi connectivity index (χ3v) is 3.03. The van der Waals surface area contributed by atoms with E-state index in [4.69, 9.17) is 9.84 Å². The number of hydrogen-bond acceptors (Lipinski definition) is 4. The molecule has 0 aromatic carbocycles. The van der Waals surface area contributed by atoms with Gasteiger partial charge in [0, 0.05) is 13.0 Å². The molecule has 0 radical (unpaired) electrons. The highest BCUT2D eigenvalue weighted by Crippen LogP contribution is 2.22. The number of nitrogens with zero attached hydrogens (tertiary/aromatic N) is 1. The fourth-order valence-electron chi connectivity index (χ4n) is 2.01. The molecule has 1 saturated heterocycles. The Labute approximate surface area is 106 Å². The zero-order valence-corrected chi connectivity index (χ0v) is 10.2. The van der Waals surface area contributed by atoms with Crippen LogP contribution in [0.1, 0.15) is 19.3 Å². The van der Waals surface area contributed by atoms with Crippen molar-refractivity contribution >= 4 is 12.1 Å². The maximum absolute atomic E-state index is 11.5. The molecule has 6 nitrogen and oxygen atoms in total. The van der Waals surface area contributed by atoms with Crippen LogP contribution in [-0.4, -0.2) is 53.0 Å². The first kappa shape index (κ1) is 14.5. The van der Waals surface area contributed by atoms with Gasteiger partial charge in [-0.3, -0.25) is 4.79 Å². The van der Waals surface area contributed by atoms with Crippen molar-refractivity contribution in [2.24, 2.45) is 5.92 Å². The smallest absolute Gasteiger partial charge is 0.410 e. The highest BCUT2D eigenvalue weighted by molar-refractivity contribution is 5.68. The van der Waals surface area contributed by atoms with Crippen LogP contribution in [0.4, 0.5) is 4.79 Å². The van der Waals surface area contributed by atoms with Crippen LogP contribution < -0.4 is 0 Å². The van der Waals surface area contributed by atoms with Gasteiger partial charge in [-0.2, -0.15) is 0 Å². The maximum Gasteiger partial charge on any atom is 0.410 e. The Kier molecular flexibility index (Phi) is 5.64. The lowest BCUT2D eigenvalue weighted by Gasteiger charge is -2.35. The molecule has 1 aliphatic rings. The molecule has 0 aromatic heterocycles. The van der Waals surface area contributed by atoms with E-state index in [0.717, 1.165) is 0 Å². The molecule has 0 saturated carbocycles. The van der Waals surface area contributed by atoms with Crippen LogP contribution in [0, 0.1) is 5.92 Å². The molecule has 2 N–H and O–H groups in total. The van der Waals surface area contributed by atoms with Crippen molar-refractivity contribution in [2.45, 2.75) is 25.4 Å². The minimum atomic E-state index is -0.866. The van der Waals surface area contributed by atoms with E-state index in [0.29, 0.717) is 19.4 Å². The van der Waals surface area contributed by atoms with Crippen LogP contribution in [0.2, 0.25) is 0 Å². The molecule has 0 aromatic rings. The first-order valence-electron chi connectivity index (χ1n) is 5.97. The van der Waals surface area contributed by atoms with E-state index in [-0.39, 0.29) is 25.5 Å². The van der Waals surface area contributed by atoms with E-state index in [1.54, 1.807) is 0 Å². The lowest BCUT2D eigenvalue weighted by molar-refractivity contribution is -0.137. The number of aliphatic carboxylic acids is 1. The summed E-state index contributed by atoms with van der Waals surface area (Å²) in [4.78, 5) is 23.4. The van der Waals surface area contributed by atoms with Crippen molar-refractivity contribution < 1.29 is 24.5 Å². The molecule has 1 rings (SSSR count). The molecule has 6 heteroatoms. The number of carbonyl (C=O) groups excluding carboxylic acids is 1. The second-order valence-corrected chi connectivity index (χ2v) is 4.36. The SMILES string of the molecule is C=CCOC(=O)N1CC[C@H](CCC(=O)O)[C@@H](O)C1. The highest BCUT2D eigenvalue weighted by atomic mass is 16.6. The Morgan fingerprint density at radius 2 is 2.22 bits per heavy atom. The van der Waals surface area contributed by atoms with Crippen LogP contribution in [0.5, 0.6) is 0 Å². The van der Waals surface area contributed by atoms with E-state index in [1.807, 2.05) is 0 Å². The number of aliphatic hydroxyl groups excluding tert-OH is 1. The fourth-order valence-corrected chi connectivity index (χ4v) is 2.01. The molecular weight excluding hydrogens is 238 g/mol. The van der Waals surface area contributed by atoms with Gasteiger partial charge in [-0.25, -0.2) is 4.79 Å². The maximum atomic E-state index is 11.5. The number of carbonyl (C=O) groups is 2. The van der Waals surface area contributed by atoms with Gasteiger partial charge in [0.25, 0.3) is 0 Å². The number of likely N-dealkylation sites (tertiary alicyclic amines) is 1. The number of rotatable bonds is 5. The number of piperidine rings is 1. The van der Waals surface area contributed by atoms with Gasteiger partial charge in [0.15, 0.2) is 0 Å². The zero-order chi connectivity index (χ0) is 13.5. The van der Waals surface area contributed by atoms with Crippen LogP contribution in [0.15, 0.2) is 12.7 Å². The summed E-state index contributed by atoms with van der Waals surface area (Å²) in [6.45, 7) is 4.27. The number of carboxylic acid groups (broad SMARTS) is 1. The molecule has 18 heavy (non-hydrogen) atoms. The lowest BCUT2D eigenvalue weighted by atomic mass is 9.90. The van der Waals surface area contributed by atoms with E-state index >= 15 is 0 Å².